The molecule has 0 aromatic heterocycles. The molecule has 0 aliphatic carbocycles. The fraction of sp³-hybridized carbons (Fsp3) is 0.533. The van der Waals surface area contributed by atoms with Gasteiger partial charge in [0.25, 0.3) is 0 Å². The number of benzene rings is 1. The molecule has 0 saturated heterocycles. The van der Waals surface area contributed by atoms with Crippen LogP contribution in [-0.4, -0.2) is 12.7 Å². The smallest absolute Gasteiger partial charge is 0.165 e. The van der Waals surface area contributed by atoms with E-state index in [1.54, 1.807) is 7.11 Å². The van der Waals surface area contributed by atoms with Gasteiger partial charge in [-0.2, -0.15) is 5.26 Å². The fourth-order valence-electron chi connectivity index (χ4n) is 2.26. The predicted molar refractivity (Wildman–Crippen MR) is 70.0 cm³/mol. The molecule has 1 aromatic rings. The summed E-state index contributed by atoms with van der Waals surface area (Å²) in [6.45, 7) is 7.94. The molecule has 18 heavy (non-hydrogen) atoms. The highest BCUT2D eigenvalue weighted by Gasteiger charge is 2.34. The molecule has 0 unspecified atom stereocenters. The second-order valence-corrected chi connectivity index (χ2v) is 5.94. The van der Waals surface area contributed by atoms with Crippen LogP contribution in [0.25, 0.3) is 0 Å². The van der Waals surface area contributed by atoms with Crippen LogP contribution in [0.2, 0.25) is 0 Å². The average molecular weight is 245 g/mol. The number of ether oxygens (including phenoxy) is 2. The van der Waals surface area contributed by atoms with Crippen LogP contribution in [0.3, 0.4) is 0 Å². The number of nitrogens with zero attached hydrogens (tertiary/aromatic N) is 1. The highest BCUT2D eigenvalue weighted by atomic mass is 16.5. The molecule has 1 aliphatic rings. The number of methoxy groups -OCH3 is 1. The summed E-state index contributed by atoms with van der Waals surface area (Å²) in [5.74, 6) is 1.54. The largest absolute Gasteiger partial charge is 0.493 e. The van der Waals surface area contributed by atoms with Crippen molar-refractivity contribution in [3.05, 3.63) is 23.3 Å². The summed E-state index contributed by atoms with van der Waals surface area (Å²) in [6, 6.07) is 6.30. The van der Waals surface area contributed by atoms with Gasteiger partial charge in [-0.15, -0.1) is 0 Å². The van der Waals surface area contributed by atoms with Gasteiger partial charge in [0, 0.05) is 12.0 Å². The monoisotopic (exact) mass is 245 g/mol. The first kappa shape index (κ1) is 12.8. The van der Waals surface area contributed by atoms with Crippen LogP contribution >= 0.6 is 0 Å². The molecule has 1 heterocycles. The van der Waals surface area contributed by atoms with Gasteiger partial charge in [-0.3, -0.25) is 0 Å². The first-order valence-corrected chi connectivity index (χ1v) is 6.11. The maximum Gasteiger partial charge on any atom is 0.165 e. The standard InChI is InChI=1S/C15H19NO2/c1-14(2,9-16)11-6-10-8-15(3,4)18-13(10)12(7-11)17-5/h6-7H,8H2,1-5H3. The summed E-state index contributed by atoms with van der Waals surface area (Å²) >= 11 is 0. The number of nitriles is 1. The van der Waals surface area contributed by atoms with Crippen LogP contribution in [0.1, 0.15) is 38.8 Å². The van der Waals surface area contributed by atoms with Gasteiger partial charge >= 0.3 is 0 Å². The second kappa shape index (κ2) is 3.91. The maximum absolute atomic E-state index is 9.24. The van der Waals surface area contributed by atoms with E-state index in [1.165, 1.54) is 0 Å². The molecule has 1 aromatic carbocycles. The lowest BCUT2D eigenvalue weighted by Crippen LogP contribution is -2.24. The number of rotatable bonds is 2. The van der Waals surface area contributed by atoms with Crippen LogP contribution in [0.15, 0.2) is 12.1 Å². The summed E-state index contributed by atoms with van der Waals surface area (Å²) in [6.07, 6.45) is 0.841. The predicted octanol–water partition coefficient (Wildman–Crippen LogP) is 3.21. The Balaban J connectivity index is 2.56. The minimum absolute atomic E-state index is 0.203. The third-order valence-corrected chi connectivity index (χ3v) is 3.35. The lowest BCUT2D eigenvalue weighted by atomic mass is 9.84. The highest BCUT2D eigenvalue weighted by molar-refractivity contribution is 5.54. The van der Waals surface area contributed by atoms with E-state index in [2.05, 4.69) is 26.0 Å². The zero-order valence-corrected chi connectivity index (χ0v) is 11.6. The van der Waals surface area contributed by atoms with Crippen molar-refractivity contribution >= 4 is 0 Å². The Kier molecular flexibility index (Phi) is 2.77. The molecule has 3 nitrogen and oxygen atoms in total. The Hall–Kier alpha value is -1.69. The third-order valence-electron chi connectivity index (χ3n) is 3.35. The van der Waals surface area contributed by atoms with Gasteiger partial charge in [-0.25, -0.2) is 0 Å². The maximum atomic E-state index is 9.24. The molecule has 1 aliphatic heterocycles. The first-order valence-electron chi connectivity index (χ1n) is 6.11. The van der Waals surface area contributed by atoms with Gasteiger partial charge in [0.2, 0.25) is 0 Å². The van der Waals surface area contributed by atoms with Crippen molar-refractivity contribution in [2.45, 2.75) is 45.1 Å². The van der Waals surface area contributed by atoms with E-state index in [1.807, 2.05) is 19.9 Å². The van der Waals surface area contributed by atoms with Gasteiger partial charge in [0.1, 0.15) is 5.60 Å². The van der Waals surface area contributed by atoms with Gasteiger partial charge in [-0.05, 0) is 39.3 Å². The van der Waals surface area contributed by atoms with Crippen molar-refractivity contribution in [1.29, 1.82) is 5.26 Å². The van der Waals surface area contributed by atoms with E-state index < -0.39 is 5.41 Å². The fourth-order valence-corrected chi connectivity index (χ4v) is 2.26. The van der Waals surface area contributed by atoms with E-state index in [9.17, 15) is 5.26 Å². The normalized spacial score (nSPS) is 16.7. The van der Waals surface area contributed by atoms with Crippen molar-refractivity contribution in [2.24, 2.45) is 0 Å². The van der Waals surface area contributed by atoms with Crippen molar-refractivity contribution in [1.82, 2.24) is 0 Å². The number of hydrogen-bond acceptors (Lipinski definition) is 3. The molecule has 3 heteroatoms. The van der Waals surface area contributed by atoms with E-state index in [4.69, 9.17) is 9.47 Å². The third kappa shape index (κ3) is 2.03. The van der Waals surface area contributed by atoms with E-state index >= 15 is 0 Å². The van der Waals surface area contributed by atoms with E-state index in [0.717, 1.165) is 29.0 Å². The van der Waals surface area contributed by atoms with Gasteiger partial charge < -0.3 is 9.47 Å². The van der Waals surface area contributed by atoms with Gasteiger partial charge in [0.05, 0.1) is 18.6 Å². The first-order chi connectivity index (χ1) is 8.29. The Morgan fingerprint density at radius 2 is 2.06 bits per heavy atom. The molecular weight excluding hydrogens is 226 g/mol. The Morgan fingerprint density at radius 1 is 1.39 bits per heavy atom. The van der Waals surface area contributed by atoms with Crippen molar-refractivity contribution in [2.75, 3.05) is 7.11 Å². The average Bonchev–Trinajstić information content (AvgIpc) is 2.61. The Bertz CT molecular complexity index is 524. The molecule has 0 saturated carbocycles. The zero-order valence-electron chi connectivity index (χ0n) is 11.6. The molecular formula is C15H19NO2. The molecule has 2 rings (SSSR count). The second-order valence-electron chi connectivity index (χ2n) is 5.94. The van der Waals surface area contributed by atoms with Crippen LogP contribution in [0.5, 0.6) is 11.5 Å². The van der Waals surface area contributed by atoms with Crippen molar-refractivity contribution < 1.29 is 9.47 Å². The minimum Gasteiger partial charge on any atom is -0.493 e. The van der Waals surface area contributed by atoms with E-state index in [-0.39, 0.29) is 5.60 Å². The lowest BCUT2D eigenvalue weighted by Gasteiger charge is -2.19. The molecule has 0 spiro atoms. The van der Waals surface area contributed by atoms with E-state index in [0.29, 0.717) is 0 Å². The molecule has 0 fully saturated rings. The minimum atomic E-state index is -0.519. The molecule has 0 radical (unpaired) electrons. The molecule has 0 N–H and O–H groups in total. The summed E-state index contributed by atoms with van der Waals surface area (Å²) < 4.78 is 11.3. The van der Waals surface area contributed by atoms with Crippen LogP contribution in [0.4, 0.5) is 0 Å². The quantitative estimate of drug-likeness (QED) is 0.803. The number of fused-ring (bicyclic) bond motifs is 1. The van der Waals surface area contributed by atoms with Crippen molar-refractivity contribution in [3.63, 3.8) is 0 Å². The molecule has 0 bridgehead atoms. The van der Waals surface area contributed by atoms with Crippen molar-refractivity contribution in [3.8, 4) is 17.6 Å². The lowest BCUT2D eigenvalue weighted by molar-refractivity contribution is 0.134. The number of hydrogen-bond donors (Lipinski definition) is 0. The summed E-state index contributed by atoms with van der Waals surface area (Å²) in [5, 5.41) is 9.24. The van der Waals surface area contributed by atoms with Gasteiger partial charge in [-0.1, -0.05) is 6.07 Å². The summed E-state index contributed by atoms with van der Waals surface area (Å²) in [4.78, 5) is 0. The highest BCUT2D eigenvalue weighted by Crippen LogP contribution is 2.44. The van der Waals surface area contributed by atoms with Crippen LogP contribution in [0, 0.1) is 11.3 Å². The molecule has 0 amide bonds. The Labute approximate surface area is 108 Å². The van der Waals surface area contributed by atoms with Crippen LogP contribution in [-0.2, 0) is 11.8 Å². The topological polar surface area (TPSA) is 42.2 Å². The summed E-state index contributed by atoms with van der Waals surface area (Å²) in [5.41, 5.74) is 1.37. The molecule has 96 valence electrons. The van der Waals surface area contributed by atoms with Gasteiger partial charge in [0.15, 0.2) is 11.5 Å². The summed E-state index contributed by atoms with van der Waals surface area (Å²) in [7, 11) is 1.63. The Morgan fingerprint density at radius 3 is 2.61 bits per heavy atom. The zero-order chi connectivity index (χ0) is 13.6. The van der Waals surface area contributed by atoms with Crippen LogP contribution < -0.4 is 9.47 Å². The SMILES string of the molecule is COc1cc(C(C)(C)C#N)cc2c1OC(C)(C)C2. The molecule has 0 atom stereocenters.